The number of aryl methyl sites for hydroxylation is 1. The summed E-state index contributed by atoms with van der Waals surface area (Å²) in [5.74, 6) is 0.477. The Bertz CT molecular complexity index is 1960. The van der Waals surface area contributed by atoms with E-state index in [9.17, 15) is 26.9 Å². The molecule has 258 valence electrons. The topological polar surface area (TPSA) is 136 Å². The van der Waals surface area contributed by atoms with Crippen LogP contribution >= 0.6 is 11.3 Å². The molecule has 48 heavy (non-hydrogen) atoms. The van der Waals surface area contributed by atoms with Crippen molar-refractivity contribution in [3.05, 3.63) is 46.0 Å². The Morgan fingerprint density at radius 3 is 2.56 bits per heavy atom. The second-order valence-corrected chi connectivity index (χ2v) is 15.8. The van der Waals surface area contributed by atoms with Gasteiger partial charge in [0, 0.05) is 73.7 Å². The third-order valence-electron chi connectivity index (χ3n) is 9.52. The van der Waals surface area contributed by atoms with Gasteiger partial charge in [0.1, 0.15) is 28.3 Å². The third-order valence-corrected chi connectivity index (χ3v) is 12.4. The van der Waals surface area contributed by atoms with E-state index in [1.54, 1.807) is 0 Å². The van der Waals surface area contributed by atoms with Crippen LogP contribution in [0.25, 0.3) is 21.1 Å². The molecule has 0 amide bonds. The Morgan fingerprint density at radius 2 is 1.90 bits per heavy atom. The number of sulfonamides is 1. The number of likely N-dealkylation sites (tertiary alicyclic amines) is 1. The highest BCUT2D eigenvalue weighted by atomic mass is 32.2. The minimum Gasteiger partial charge on any atom is -0.368 e. The number of nitrogens with two attached hydrogens (primary N) is 1. The summed E-state index contributed by atoms with van der Waals surface area (Å²) >= 11 is 0.987. The fourth-order valence-electron chi connectivity index (χ4n) is 6.85. The number of alkyl halides is 3. The minimum absolute atomic E-state index is 0.0210. The van der Waals surface area contributed by atoms with Gasteiger partial charge in [0.15, 0.2) is 0 Å². The lowest BCUT2D eigenvalue weighted by Crippen LogP contribution is -2.53. The number of hydrogen-bond acceptors (Lipinski definition) is 10. The van der Waals surface area contributed by atoms with Crippen LogP contribution in [0, 0.1) is 18.3 Å². The van der Waals surface area contributed by atoms with Crippen LogP contribution in [0.5, 0.6) is 0 Å². The van der Waals surface area contributed by atoms with Crippen LogP contribution in [0.2, 0.25) is 0 Å². The number of likely N-dealkylation sites (N-methyl/N-ethyl adjacent to an activating group) is 1. The molecule has 1 atom stereocenters. The molecule has 3 aromatic heterocycles. The number of aromatic nitrogens is 3. The van der Waals surface area contributed by atoms with E-state index in [1.807, 2.05) is 29.4 Å². The lowest BCUT2D eigenvalue weighted by Gasteiger charge is -2.37. The normalized spacial score (nSPS) is 19.2. The number of halogens is 3. The van der Waals surface area contributed by atoms with E-state index in [4.69, 9.17) is 5.73 Å². The predicted molar refractivity (Wildman–Crippen MR) is 182 cm³/mol. The molecule has 0 unspecified atom stereocenters. The molecule has 11 nitrogen and oxygen atoms in total. The Labute approximate surface area is 282 Å². The van der Waals surface area contributed by atoms with Crippen LogP contribution < -0.4 is 11.1 Å². The van der Waals surface area contributed by atoms with Crippen molar-refractivity contribution >= 4 is 54.2 Å². The summed E-state index contributed by atoms with van der Waals surface area (Å²) in [4.78, 5) is 13.4. The second kappa shape index (κ2) is 13.4. The first-order chi connectivity index (χ1) is 22.7. The molecule has 3 N–H and O–H groups in total. The quantitative estimate of drug-likeness (QED) is 0.250. The SMILES string of the molecule is CCN1CCN([C@@H](C)Cn2c(C#N)cc3c(C)c(CN4CCC(Nc5nc(N)nc6sc(CC(F)(F)F)cc56)CC4)ccc32)CS1(=O)=O. The van der Waals surface area contributed by atoms with Crippen LogP contribution in [0.3, 0.4) is 0 Å². The fourth-order valence-corrected chi connectivity index (χ4v) is 9.64. The molecule has 2 saturated heterocycles. The summed E-state index contributed by atoms with van der Waals surface area (Å²) < 4.78 is 67.9. The molecular formula is C32H40F3N9O2S2. The number of nitrogens with one attached hydrogen (secondary N) is 1. The highest BCUT2D eigenvalue weighted by molar-refractivity contribution is 7.89. The van der Waals surface area contributed by atoms with Crippen LogP contribution in [0.15, 0.2) is 24.3 Å². The Balaban J connectivity index is 1.11. The van der Waals surface area contributed by atoms with Gasteiger partial charge in [0.25, 0.3) is 0 Å². The number of hydrogen-bond donors (Lipinski definition) is 2. The van der Waals surface area contributed by atoms with Crippen molar-refractivity contribution in [2.45, 2.75) is 71.4 Å². The lowest BCUT2D eigenvalue weighted by molar-refractivity contribution is -0.126. The van der Waals surface area contributed by atoms with Crippen molar-refractivity contribution in [2.24, 2.45) is 0 Å². The minimum atomic E-state index is -4.30. The number of nitrogens with zero attached hydrogens (tertiary/aromatic N) is 7. The van der Waals surface area contributed by atoms with E-state index in [2.05, 4.69) is 45.3 Å². The second-order valence-electron chi connectivity index (χ2n) is 12.8. The van der Waals surface area contributed by atoms with Gasteiger partial charge < -0.3 is 15.6 Å². The van der Waals surface area contributed by atoms with Crippen molar-refractivity contribution in [2.75, 3.05) is 49.7 Å². The lowest BCUT2D eigenvalue weighted by atomic mass is 10.0. The van der Waals surface area contributed by atoms with Crippen LogP contribution in [-0.4, -0.2) is 93.9 Å². The van der Waals surface area contributed by atoms with Gasteiger partial charge in [-0.2, -0.15) is 27.7 Å². The van der Waals surface area contributed by atoms with E-state index < -0.39 is 22.6 Å². The summed E-state index contributed by atoms with van der Waals surface area (Å²) in [5, 5.41) is 15.0. The molecule has 0 bridgehead atoms. The van der Waals surface area contributed by atoms with Gasteiger partial charge in [0.2, 0.25) is 16.0 Å². The van der Waals surface area contributed by atoms with Crippen molar-refractivity contribution in [1.29, 1.82) is 5.26 Å². The maximum Gasteiger partial charge on any atom is 0.393 e. The summed E-state index contributed by atoms with van der Waals surface area (Å²) in [5.41, 5.74) is 9.69. The van der Waals surface area contributed by atoms with E-state index in [-0.39, 0.29) is 28.8 Å². The number of nitrogen functional groups attached to an aromatic ring is 1. The van der Waals surface area contributed by atoms with Crippen LogP contribution in [-0.2, 0) is 29.5 Å². The molecule has 2 aliphatic heterocycles. The molecule has 4 aromatic rings. The van der Waals surface area contributed by atoms with Crippen molar-refractivity contribution in [3.63, 3.8) is 0 Å². The van der Waals surface area contributed by atoms with Crippen LogP contribution in [0.4, 0.5) is 24.9 Å². The number of fused-ring (bicyclic) bond motifs is 2. The van der Waals surface area contributed by atoms with Gasteiger partial charge in [0.05, 0.1) is 11.8 Å². The molecule has 0 radical (unpaired) electrons. The first kappa shape index (κ1) is 34.4. The highest BCUT2D eigenvalue weighted by Gasteiger charge is 2.33. The predicted octanol–water partition coefficient (Wildman–Crippen LogP) is 4.90. The number of piperidine rings is 1. The molecule has 16 heteroatoms. The smallest absolute Gasteiger partial charge is 0.368 e. The zero-order valence-corrected chi connectivity index (χ0v) is 28.9. The first-order valence-electron chi connectivity index (χ1n) is 16.1. The van der Waals surface area contributed by atoms with E-state index >= 15 is 0 Å². The Kier molecular flexibility index (Phi) is 9.62. The molecule has 6 rings (SSSR count). The largest absolute Gasteiger partial charge is 0.393 e. The van der Waals surface area contributed by atoms with Gasteiger partial charge in [-0.25, -0.2) is 13.4 Å². The monoisotopic (exact) mass is 703 g/mol. The van der Waals surface area contributed by atoms with E-state index in [0.29, 0.717) is 47.9 Å². The number of rotatable bonds is 9. The average molecular weight is 704 g/mol. The zero-order valence-electron chi connectivity index (χ0n) is 27.2. The first-order valence-corrected chi connectivity index (χ1v) is 18.5. The molecule has 5 heterocycles. The van der Waals surface area contributed by atoms with Gasteiger partial charge in [-0.1, -0.05) is 13.0 Å². The highest BCUT2D eigenvalue weighted by Crippen LogP contribution is 2.34. The van der Waals surface area contributed by atoms with E-state index in [1.165, 1.54) is 15.9 Å². The Hall–Kier alpha value is -3.49. The maximum absolute atomic E-state index is 13.0. The molecule has 0 saturated carbocycles. The molecule has 2 aliphatic rings. The summed E-state index contributed by atoms with van der Waals surface area (Å²) in [6, 6.07) is 9.96. The van der Waals surface area contributed by atoms with Crippen molar-refractivity contribution in [3.8, 4) is 6.07 Å². The standard InChI is InChI=1S/C32H40F3N9O2S2/c1-4-43-12-11-42(19-48(43,45)46)20(2)17-44-24(16-36)13-26-21(3)22(5-6-28(26)44)18-41-9-7-23(8-10-41)38-29-27-14-25(15-32(33,34)35)47-30(27)40-31(37)39-29/h5-6,13-14,20,23H,4,7-12,15,17-19H2,1-3H3,(H3,37,38,39,40)/t20-/m0/s1. The van der Waals surface area contributed by atoms with Crippen molar-refractivity contribution < 1.29 is 21.6 Å². The number of thiophene rings is 1. The molecule has 0 aliphatic carbocycles. The van der Waals surface area contributed by atoms with Gasteiger partial charge in [-0.15, -0.1) is 11.3 Å². The van der Waals surface area contributed by atoms with Crippen molar-refractivity contribution in [1.82, 2.24) is 28.6 Å². The summed E-state index contributed by atoms with van der Waals surface area (Å²) in [6.07, 6.45) is -3.67. The third kappa shape index (κ3) is 7.25. The summed E-state index contributed by atoms with van der Waals surface area (Å²) in [7, 11) is -3.33. The number of nitriles is 1. The fraction of sp³-hybridized carbons (Fsp3) is 0.531. The molecular weight excluding hydrogens is 664 g/mol. The average Bonchev–Trinajstić information content (AvgIpc) is 3.58. The Morgan fingerprint density at radius 1 is 1.15 bits per heavy atom. The van der Waals surface area contributed by atoms with E-state index in [0.717, 1.165) is 60.3 Å². The molecule has 2 fully saturated rings. The van der Waals surface area contributed by atoms with Crippen LogP contribution in [0.1, 0.15) is 48.4 Å². The molecule has 0 spiro atoms. The van der Waals surface area contributed by atoms with Gasteiger partial charge >= 0.3 is 6.18 Å². The number of benzene rings is 1. The van der Waals surface area contributed by atoms with Gasteiger partial charge in [-0.3, -0.25) is 9.80 Å². The maximum atomic E-state index is 13.0. The van der Waals surface area contributed by atoms with Gasteiger partial charge in [-0.05, 0) is 56.0 Å². The summed E-state index contributed by atoms with van der Waals surface area (Å²) in [6.45, 7) is 10.4. The molecule has 1 aromatic carbocycles. The zero-order chi connectivity index (χ0) is 34.4. The number of anilines is 2.